The SMILES string of the molecule is COC(=O)c1ccccc1S(=O)(=O)N(C)Cc1cscn1. The Kier molecular flexibility index (Phi) is 4.71. The van der Waals surface area contributed by atoms with Gasteiger partial charge in [0.05, 0.1) is 35.3 Å². The Morgan fingerprint density at radius 3 is 2.71 bits per heavy atom. The molecular weight excluding hydrogens is 312 g/mol. The van der Waals surface area contributed by atoms with Gasteiger partial charge in [0.2, 0.25) is 10.0 Å². The minimum absolute atomic E-state index is 0.0186. The monoisotopic (exact) mass is 326 g/mol. The summed E-state index contributed by atoms with van der Waals surface area (Å²) >= 11 is 1.39. The zero-order valence-electron chi connectivity index (χ0n) is 11.5. The van der Waals surface area contributed by atoms with Gasteiger partial charge >= 0.3 is 5.97 Å². The van der Waals surface area contributed by atoms with Crippen LogP contribution in [-0.2, 0) is 21.3 Å². The number of aromatic nitrogens is 1. The van der Waals surface area contributed by atoms with Gasteiger partial charge in [-0.05, 0) is 12.1 Å². The molecule has 0 amide bonds. The van der Waals surface area contributed by atoms with Crippen LogP contribution in [0.25, 0.3) is 0 Å². The fourth-order valence-corrected chi connectivity index (χ4v) is 3.63. The number of carbonyl (C=O) groups is 1. The fourth-order valence-electron chi connectivity index (χ4n) is 1.77. The van der Waals surface area contributed by atoms with E-state index >= 15 is 0 Å². The summed E-state index contributed by atoms with van der Waals surface area (Å²) in [6.45, 7) is 0.140. The highest BCUT2D eigenvalue weighted by Gasteiger charge is 2.27. The molecule has 0 N–H and O–H groups in total. The second-order valence-corrected chi connectivity index (χ2v) is 6.96. The van der Waals surface area contributed by atoms with Gasteiger partial charge in [-0.3, -0.25) is 0 Å². The van der Waals surface area contributed by atoms with Crippen molar-refractivity contribution in [3.8, 4) is 0 Å². The highest BCUT2D eigenvalue weighted by atomic mass is 32.2. The van der Waals surface area contributed by atoms with Crippen LogP contribution in [0.4, 0.5) is 0 Å². The molecule has 0 saturated carbocycles. The molecule has 0 saturated heterocycles. The van der Waals surface area contributed by atoms with E-state index in [1.54, 1.807) is 23.0 Å². The lowest BCUT2D eigenvalue weighted by molar-refractivity contribution is 0.0596. The number of ether oxygens (including phenoxy) is 1. The van der Waals surface area contributed by atoms with Crippen molar-refractivity contribution in [1.82, 2.24) is 9.29 Å². The first-order valence-corrected chi connectivity index (χ1v) is 8.36. The van der Waals surface area contributed by atoms with Crippen LogP contribution in [0.3, 0.4) is 0 Å². The van der Waals surface area contributed by atoms with E-state index in [2.05, 4.69) is 9.72 Å². The van der Waals surface area contributed by atoms with Crippen molar-refractivity contribution in [2.24, 2.45) is 0 Å². The molecule has 0 unspecified atom stereocenters. The Balaban J connectivity index is 2.37. The Morgan fingerprint density at radius 1 is 1.38 bits per heavy atom. The van der Waals surface area contributed by atoms with E-state index in [0.29, 0.717) is 5.69 Å². The molecule has 2 aromatic rings. The number of esters is 1. The summed E-state index contributed by atoms with van der Waals surface area (Å²) in [4.78, 5) is 15.7. The molecule has 21 heavy (non-hydrogen) atoms. The lowest BCUT2D eigenvalue weighted by Crippen LogP contribution is -2.28. The molecule has 0 aliphatic carbocycles. The van der Waals surface area contributed by atoms with Crippen molar-refractivity contribution in [3.05, 3.63) is 46.4 Å². The van der Waals surface area contributed by atoms with E-state index < -0.39 is 16.0 Å². The minimum Gasteiger partial charge on any atom is -0.465 e. The number of nitrogens with zero attached hydrogens (tertiary/aromatic N) is 2. The molecule has 0 spiro atoms. The molecule has 6 nitrogen and oxygen atoms in total. The smallest absolute Gasteiger partial charge is 0.339 e. The molecule has 112 valence electrons. The molecule has 0 bridgehead atoms. The first-order chi connectivity index (χ1) is 9.96. The van der Waals surface area contributed by atoms with Gasteiger partial charge in [0.15, 0.2) is 0 Å². The zero-order chi connectivity index (χ0) is 15.5. The molecule has 0 radical (unpaired) electrons. The predicted molar refractivity (Wildman–Crippen MR) is 78.5 cm³/mol. The fraction of sp³-hybridized carbons (Fsp3) is 0.231. The number of rotatable bonds is 5. The Bertz CT molecular complexity index is 726. The lowest BCUT2D eigenvalue weighted by atomic mass is 10.2. The first kappa shape index (κ1) is 15.6. The summed E-state index contributed by atoms with van der Waals surface area (Å²) in [5, 5.41) is 1.78. The number of hydrogen-bond donors (Lipinski definition) is 0. The highest BCUT2D eigenvalue weighted by molar-refractivity contribution is 7.89. The molecule has 2 rings (SSSR count). The van der Waals surface area contributed by atoms with Gasteiger partial charge in [0, 0.05) is 12.4 Å². The summed E-state index contributed by atoms with van der Waals surface area (Å²) in [6, 6.07) is 5.97. The molecule has 0 fully saturated rings. The molecule has 0 aliphatic rings. The number of methoxy groups -OCH3 is 1. The maximum atomic E-state index is 12.6. The van der Waals surface area contributed by atoms with E-state index in [-0.39, 0.29) is 17.0 Å². The maximum Gasteiger partial charge on any atom is 0.339 e. The summed E-state index contributed by atoms with van der Waals surface area (Å²) in [5.41, 5.74) is 2.31. The summed E-state index contributed by atoms with van der Waals surface area (Å²) in [5.74, 6) is -0.684. The van der Waals surface area contributed by atoms with E-state index in [9.17, 15) is 13.2 Å². The molecule has 1 aromatic heterocycles. The average Bonchev–Trinajstić information content (AvgIpc) is 2.99. The molecule has 1 aromatic carbocycles. The Morgan fingerprint density at radius 2 is 2.10 bits per heavy atom. The van der Waals surface area contributed by atoms with Crippen LogP contribution in [0.2, 0.25) is 0 Å². The Hall–Kier alpha value is -1.77. The zero-order valence-corrected chi connectivity index (χ0v) is 13.1. The van der Waals surface area contributed by atoms with Gasteiger partial charge in [-0.25, -0.2) is 18.2 Å². The predicted octanol–water partition coefficient (Wildman–Crippen LogP) is 1.75. The molecular formula is C13H14N2O4S2. The Labute approximate surface area is 127 Å². The van der Waals surface area contributed by atoms with E-state index in [4.69, 9.17) is 0 Å². The van der Waals surface area contributed by atoms with E-state index in [0.717, 1.165) is 4.31 Å². The van der Waals surface area contributed by atoms with Crippen LogP contribution in [0.1, 0.15) is 16.1 Å². The third-order valence-electron chi connectivity index (χ3n) is 2.85. The quantitative estimate of drug-likeness (QED) is 0.782. The average molecular weight is 326 g/mol. The number of sulfonamides is 1. The molecule has 1 heterocycles. The van der Waals surface area contributed by atoms with Crippen molar-refractivity contribution in [1.29, 1.82) is 0 Å². The molecule has 0 aliphatic heterocycles. The second-order valence-electron chi connectivity index (χ2n) is 4.23. The summed E-state index contributed by atoms with van der Waals surface area (Å²) in [6.07, 6.45) is 0. The third-order valence-corrected chi connectivity index (χ3v) is 5.35. The van der Waals surface area contributed by atoms with Gasteiger partial charge in [-0.2, -0.15) is 4.31 Å². The van der Waals surface area contributed by atoms with Gasteiger partial charge in [-0.1, -0.05) is 12.1 Å². The van der Waals surface area contributed by atoms with E-state index in [1.807, 2.05) is 0 Å². The van der Waals surface area contributed by atoms with Gasteiger partial charge < -0.3 is 4.74 Å². The van der Waals surface area contributed by atoms with Crippen LogP contribution in [0.15, 0.2) is 40.1 Å². The van der Waals surface area contributed by atoms with Crippen LogP contribution in [-0.4, -0.2) is 37.8 Å². The number of carbonyl (C=O) groups excluding carboxylic acids is 1. The topological polar surface area (TPSA) is 76.6 Å². The van der Waals surface area contributed by atoms with Crippen LogP contribution >= 0.6 is 11.3 Å². The van der Waals surface area contributed by atoms with Crippen molar-refractivity contribution in [2.75, 3.05) is 14.2 Å². The highest BCUT2D eigenvalue weighted by Crippen LogP contribution is 2.21. The minimum atomic E-state index is -3.80. The van der Waals surface area contributed by atoms with Crippen LogP contribution in [0, 0.1) is 0 Å². The lowest BCUT2D eigenvalue weighted by Gasteiger charge is -2.17. The van der Waals surface area contributed by atoms with E-state index in [1.165, 1.54) is 37.6 Å². The van der Waals surface area contributed by atoms with Crippen molar-refractivity contribution >= 4 is 27.3 Å². The van der Waals surface area contributed by atoms with Gasteiger partial charge in [0.1, 0.15) is 0 Å². The van der Waals surface area contributed by atoms with Crippen molar-refractivity contribution < 1.29 is 17.9 Å². The standard InChI is InChI=1S/C13H14N2O4S2/c1-15(7-10-8-20-9-14-10)21(17,18)12-6-4-3-5-11(12)13(16)19-2/h3-6,8-9H,7H2,1-2H3. The number of hydrogen-bond acceptors (Lipinski definition) is 6. The first-order valence-electron chi connectivity index (χ1n) is 5.97. The maximum absolute atomic E-state index is 12.6. The molecule has 0 atom stereocenters. The summed E-state index contributed by atoms with van der Waals surface area (Å²) in [7, 11) is -1.14. The third kappa shape index (κ3) is 3.29. The van der Waals surface area contributed by atoms with Crippen molar-refractivity contribution in [3.63, 3.8) is 0 Å². The number of thiazole rings is 1. The van der Waals surface area contributed by atoms with Crippen molar-refractivity contribution in [2.45, 2.75) is 11.4 Å². The summed E-state index contributed by atoms with van der Waals surface area (Å²) < 4.78 is 31.0. The van der Waals surface area contributed by atoms with Crippen LogP contribution in [0.5, 0.6) is 0 Å². The normalized spacial score (nSPS) is 11.6. The largest absolute Gasteiger partial charge is 0.465 e. The second kappa shape index (κ2) is 6.33. The van der Waals surface area contributed by atoms with Crippen LogP contribution < -0.4 is 0 Å². The number of benzene rings is 1. The van der Waals surface area contributed by atoms with Gasteiger partial charge in [0.25, 0.3) is 0 Å². The van der Waals surface area contributed by atoms with Gasteiger partial charge in [-0.15, -0.1) is 11.3 Å². The molecule has 8 heteroatoms.